The molecule has 1 saturated carbocycles. The van der Waals surface area contributed by atoms with E-state index in [1.807, 2.05) is 0 Å². The van der Waals surface area contributed by atoms with Crippen molar-refractivity contribution in [2.45, 2.75) is 25.3 Å². The lowest BCUT2D eigenvalue weighted by atomic mass is 10.1. The van der Waals surface area contributed by atoms with Gasteiger partial charge >= 0.3 is 0 Å². The maximum Gasteiger partial charge on any atom is 0.0709 e. The second kappa shape index (κ2) is 4.84. The van der Waals surface area contributed by atoms with Crippen molar-refractivity contribution in [3.05, 3.63) is 0 Å². The van der Waals surface area contributed by atoms with Crippen molar-refractivity contribution in [1.29, 1.82) is 5.53 Å². The fraction of sp³-hybridized carbons (Fsp3) is 1.00. The summed E-state index contributed by atoms with van der Waals surface area (Å²) in [5.41, 5.74) is 7.00. The number of nitrogens with one attached hydrogen (secondary N) is 1. The Kier molecular flexibility index (Phi) is 3.48. The van der Waals surface area contributed by atoms with E-state index >= 15 is 0 Å². The van der Waals surface area contributed by atoms with Gasteiger partial charge in [0.25, 0.3) is 0 Å². The minimum Gasteiger partial charge on any atom is -0.379 e. The van der Waals surface area contributed by atoms with Crippen LogP contribution in [0.5, 0.6) is 0 Å². The van der Waals surface area contributed by atoms with Gasteiger partial charge in [0, 0.05) is 19.6 Å². The average Bonchev–Trinajstić information content (AvgIpc) is 2.67. The third kappa shape index (κ3) is 2.51. The van der Waals surface area contributed by atoms with E-state index in [1.54, 1.807) is 0 Å². The highest BCUT2D eigenvalue weighted by Gasteiger charge is 2.26. The average molecular weight is 197 g/mol. The van der Waals surface area contributed by atoms with Crippen LogP contribution >= 0.6 is 0 Å². The predicted molar refractivity (Wildman–Crippen MR) is 53.5 cm³/mol. The quantitative estimate of drug-likeness (QED) is 0.697. The molecule has 2 rings (SSSR count). The number of hydrogen-bond donors (Lipinski definition) is 1. The highest BCUT2D eigenvalue weighted by molar-refractivity contribution is 4.81. The molecule has 2 fully saturated rings. The monoisotopic (exact) mass is 197 g/mol. The Hall–Kier alpha value is -0.480. The molecule has 0 aromatic heterocycles. The Morgan fingerprint density at radius 3 is 2.71 bits per heavy atom. The molecule has 2 aliphatic rings. The summed E-state index contributed by atoms with van der Waals surface area (Å²) in [5, 5.41) is 3.64. The molecule has 0 amide bonds. The van der Waals surface area contributed by atoms with Crippen molar-refractivity contribution in [1.82, 2.24) is 4.90 Å². The zero-order valence-electron chi connectivity index (χ0n) is 8.61. The molecule has 2 atom stereocenters. The molecule has 0 spiro atoms. The van der Waals surface area contributed by atoms with Crippen molar-refractivity contribution < 1.29 is 4.74 Å². The maximum absolute atomic E-state index is 7.00. The summed E-state index contributed by atoms with van der Waals surface area (Å²) >= 11 is 0. The molecule has 14 heavy (non-hydrogen) atoms. The molecule has 0 bridgehead atoms. The molecule has 4 nitrogen and oxygen atoms in total. The summed E-state index contributed by atoms with van der Waals surface area (Å²) in [6, 6.07) is 0.320. The molecule has 0 radical (unpaired) electrons. The second-order valence-electron chi connectivity index (χ2n) is 4.37. The summed E-state index contributed by atoms with van der Waals surface area (Å²) in [6.45, 7) is 5.13. The molecular formula is C10H19N3O. The van der Waals surface area contributed by atoms with E-state index in [1.165, 1.54) is 13.0 Å². The molecular weight excluding hydrogens is 178 g/mol. The summed E-state index contributed by atoms with van der Waals surface area (Å²) in [4.78, 5) is 2.49. The van der Waals surface area contributed by atoms with Gasteiger partial charge in [-0.05, 0) is 25.2 Å². The Labute approximate surface area is 85.1 Å². The van der Waals surface area contributed by atoms with E-state index in [0.29, 0.717) is 6.04 Å². The van der Waals surface area contributed by atoms with Crippen molar-refractivity contribution >= 4 is 0 Å². The maximum atomic E-state index is 7.00. The van der Waals surface area contributed by atoms with Crippen LogP contribution < -0.4 is 0 Å². The molecule has 4 heteroatoms. The van der Waals surface area contributed by atoms with Crippen molar-refractivity contribution in [3.63, 3.8) is 0 Å². The fourth-order valence-electron chi connectivity index (χ4n) is 2.48. The number of morpholine rings is 1. The van der Waals surface area contributed by atoms with Crippen LogP contribution in [0.15, 0.2) is 5.11 Å². The molecule has 1 N–H and O–H groups in total. The molecule has 1 heterocycles. The number of nitrogens with zero attached hydrogens (tertiary/aromatic N) is 2. The van der Waals surface area contributed by atoms with Crippen molar-refractivity contribution in [2.24, 2.45) is 11.0 Å². The van der Waals surface area contributed by atoms with E-state index in [9.17, 15) is 0 Å². The van der Waals surface area contributed by atoms with Crippen LogP contribution in [0.4, 0.5) is 0 Å². The molecule has 80 valence electrons. The summed E-state index contributed by atoms with van der Waals surface area (Å²) < 4.78 is 5.32. The predicted octanol–water partition coefficient (Wildman–Crippen LogP) is 1.52. The van der Waals surface area contributed by atoms with Crippen LogP contribution in [-0.2, 0) is 4.74 Å². The topological polar surface area (TPSA) is 48.7 Å². The standard InChI is InChI=1S/C10H19N3O/c11-12-10-2-1-9(7-10)8-13-3-5-14-6-4-13/h9-11H,1-8H2. The van der Waals surface area contributed by atoms with Gasteiger partial charge in [0.05, 0.1) is 19.3 Å². The SMILES string of the molecule is N=NC1CCC(CN2CCOCC2)C1. The first-order valence-corrected chi connectivity index (χ1v) is 5.55. The summed E-state index contributed by atoms with van der Waals surface area (Å²) in [6.07, 6.45) is 3.50. The molecule has 2 unspecified atom stereocenters. The van der Waals surface area contributed by atoms with Gasteiger partial charge in [-0.15, -0.1) is 0 Å². The van der Waals surface area contributed by atoms with Gasteiger partial charge in [-0.1, -0.05) is 0 Å². The normalized spacial score (nSPS) is 34.6. The lowest BCUT2D eigenvalue weighted by Crippen LogP contribution is -2.39. The number of rotatable bonds is 3. The third-order valence-electron chi connectivity index (χ3n) is 3.32. The van der Waals surface area contributed by atoms with E-state index < -0.39 is 0 Å². The number of hydrogen-bond acceptors (Lipinski definition) is 4. The van der Waals surface area contributed by atoms with Crippen LogP contribution in [-0.4, -0.2) is 43.8 Å². The largest absolute Gasteiger partial charge is 0.379 e. The van der Waals surface area contributed by atoms with E-state index in [2.05, 4.69) is 10.0 Å². The zero-order valence-corrected chi connectivity index (χ0v) is 8.61. The Morgan fingerprint density at radius 1 is 1.29 bits per heavy atom. The Bertz CT molecular complexity index is 192. The summed E-state index contributed by atoms with van der Waals surface area (Å²) in [7, 11) is 0. The number of ether oxygens (including phenoxy) is 1. The first-order chi connectivity index (χ1) is 6.88. The second-order valence-corrected chi connectivity index (χ2v) is 4.37. The van der Waals surface area contributed by atoms with Crippen LogP contribution in [0.25, 0.3) is 0 Å². The third-order valence-corrected chi connectivity index (χ3v) is 3.32. The van der Waals surface area contributed by atoms with E-state index in [4.69, 9.17) is 10.3 Å². The van der Waals surface area contributed by atoms with Gasteiger partial charge in [-0.3, -0.25) is 4.90 Å². The van der Waals surface area contributed by atoms with E-state index in [-0.39, 0.29) is 0 Å². The van der Waals surface area contributed by atoms with Gasteiger partial charge < -0.3 is 4.74 Å². The van der Waals surface area contributed by atoms with Crippen LogP contribution in [0.3, 0.4) is 0 Å². The molecule has 1 aliphatic carbocycles. The van der Waals surface area contributed by atoms with Gasteiger partial charge in [0.15, 0.2) is 0 Å². The summed E-state index contributed by atoms with van der Waals surface area (Å²) in [5.74, 6) is 0.771. The zero-order chi connectivity index (χ0) is 9.80. The fourth-order valence-corrected chi connectivity index (χ4v) is 2.48. The van der Waals surface area contributed by atoms with Crippen LogP contribution in [0.1, 0.15) is 19.3 Å². The van der Waals surface area contributed by atoms with Gasteiger partial charge in [-0.25, -0.2) is 5.53 Å². The molecule has 0 aromatic rings. The Morgan fingerprint density at radius 2 is 2.07 bits per heavy atom. The highest BCUT2D eigenvalue weighted by atomic mass is 16.5. The lowest BCUT2D eigenvalue weighted by Gasteiger charge is -2.28. The van der Waals surface area contributed by atoms with Gasteiger partial charge in [0.1, 0.15) is 0 Å². The van der Waals surface area contributed by atoms with Gasteiger partial charge in [0.2, 0.25) is 0 Å². The van der Waals surface area contributed by atoms with Crippen molar-refractivity contribution in [3.8, 4) is 0 Å². The minimum absolute atomic E-state index is 0.320. The minimum atomic E-state index is 0.320. The highest BCUT2D eigenvalue weighted by Crippen LogP contribution is 2.28. The first-order valence-electron chi connectivity index (χ1n) is 5.55. The first kappa shape index (κ1) is 10.1. The molecule has 1 saturated heterocycles. The molecule has 1 aliphatic heterocycles. The lowest BCUT2D eigenvalue weighted by molar-refractivity contribution is 0.0310. The smallest absolute Gasteiger partial charge is 0.0709 e. The van der Waals surface area contributed by atoms with E-state index in [0.717, 1.165) is 45.1 Å². The van der Waals surface area contributed by atoms with Gasteiger partial charge in [-0.2, -0.15) is 5.11 Å². The Balaban J connectivity index is 1.72. The molecule has 0 aromatic carbocycles. The van der Waals surface area contributed by atoms with Crippen LogP contribution in [0, 0.1) is 11.4 Å². The van der Waals surface area contributed by atoms with Crippen LogP contribution in [0.2, 0.25) is 0 Å². The van der Waals surface area contributed by atoms with Crippen molar-refractivity contribution in [2.75, 3.05) is 32.8 Å².